The van der Waals surface area contributed by atoms with Gasteiger partial charge in [-0.15, -0.1) is 0 Å². The second kappa shape index (κ2) is 20.8. The van der Waals surface area contributed by atoms with E-state index in [1.807, 2.05) is 24.3 Å². The van der Waals surface area contributed by atoms with Crippen LogP contribution in [-0.4, -0.2) is 69.2 Å². The largest absolute Gasteiger partial charge is 0.508 e. The van der Waals surface area contributed by atoms with E-state index in [2.05, 4.69) is 25.6 Å². The number of rotatable bonds is 15. The van der Waals surface area contributed by atoms with Gasteiger partial charge in [-0.25, -0.2) is 14.4 Å². The van der Waals surface area contributed by atoms with E-state index in [4.69, 9.17) is 14.2 Å². The zero-order valence-electron chi connectivity index (χ0n) is 42.8. The number of nitrogens with zero attached hydrogens (tertiary/aromatic N) is 3. The van der Waals surface area contributed by atoms with Crippen LogP contribution in [0.5, 0.6) is 17.2 Å². The second-order valence-electron chi connectivity index (χ2n) is 19.7. The number of nitro benzene ring substituents is 3. The lowest BCUT2D eigenvalue weighted by molar-refractivity contribution is -0.383. The van der Waals surface area contributed by atoms with Gasteiger partial charge >= 0.3 is 17.9 Å². The number of aromatic hydroxyl groups is 3. The Bertz CT molecular complexity index is 4220. The van der Waals surface area contributed by atoms with Crippen molar-refractivity contribution in [3.05, 3.63) is 242 Å². The lowest BCUT2D eigenvalue weighted by atomic mass is 9.96. The lowest BCUT2D eigenvalue weighted by Crippen LogP contribution is -2.16. The number of ether oxygens (including phenoxy) is 3. The van der Waals surface area contributed by atoms with E-state index >= 15 is 0 Å². The quantitative estimate of drug-likeness (QED) is 0.0155. The average molecular weight is 1120 g/mol. The fraction of sp³-hybridized carbons (Fsp3) is 0.119. The molecule has 0 spiro atoms. The van der Waals surface area contributed by atoms with Crippen LogP contribution in [0, 0.1) is 30.3 Å². The zero-order valence-corrected chi connectivity index (χ0v) is 42.8. The molecule has 24 heteroatoms. The number of aldehydes is 1. The number of phenolic OH excluding ortho intramolecular Hbond substituents is 3. The minimum absolute atomic E-state index is 0.0375. The molecule has 0 aliphatic carbocycles. The van der Waals surface area contributed by atoms with Crippen molar-refractivity contribution in [2.75, 3.05) is 0 Å². The Hall–Kier alpha value is -11.2. The Morgan fingerprint density at radius 3 is 1.14 bits per heavy atom. The van der Waals surface area contributed by atoms with Crippen molar-refractivity contribution in [1.29, 1.82) is 0 Å². The standard InChI is InChI=1S/C42H32N6O10.C17H10N2O6/c49-23-11-13-25-29(15-23)39(57-41(25)51)35-27-3-1-5-33(47(53)54)37(27)45-31(35)19-43-17-21-7-9-22(10-8-21)18-44-20-32-36(28-4-2-6-34(48(55)56)38(28)46-32)40-30-16-24(50)12-14-26(30)42(52)58-40;20-7-12-14(10-2-1-3-13(19(23)24)15(10)18-12)16-11-6-8(21)4-5-9(11)17(22)25-16/h1-16,39-40,43-46,49-50H,17-20H2;1-7,16,18,21H. The number of fused-ring (bicyclic) bond motifs is 6. The van der Waals surface area contributed by atoms with Gasteiger partial charge in [-0.1, -0.05) is 60.7 Å². The second-order valence-corrected chi connectivity index (χ2v) is 19.7. The molecule has 0 saturated carbocycles. The Balaban J connectivity index is 0.000000226. The van der Waals surface area contributed by atoms with Crippen LogP contribution in [0.1, 0.15) is 116 Å². The van der Waals surface area contributed by atoms with E-state index < -0.39 is 51.0 Å². The summed E-state index contributed by atoms with van der Waals surface area (Å²) in [6.45, 7) is 1.36. The summed E-state index contributed by atoms with van der Waals surface area (Å²) >= 11 is 0. The number of benzene rings is 7. The third-order valence-corrected chi connectivity index (χ3v) is 14.8. The molecule has 10 aromatic rings. The van der Waals surface area contributed by atoms with Crippen molar-refractivity contribution in [2.45, 2.75) is 44.5 Å². The van der Waals surface area contributed by atoms with Crippen molar-refractivity contribution >= 4 is 74.0 Å². The number of esters is 3. The Morgan fingerprint density at radius 1 is 0.458 bits per heavy atom. The summed E-state index contributed by atoms with van der Waals surface area (Å²) in [4.78, 5) is 91.8. The van der Waals surface area contributed by atoms with E-state index in [1.165, 1.54) is 78.9 Å². The Kier molecular flexibility index (Phi) is 13.1. The third-order valence-electron chi connectivity index (χ3n) is 14.8. The van der Waals surface area contributed by atoms with Crippen molar-refractivity contribution in [3.63, 3.8) is 0 Å². The number of H-pyrrole nitrogens is 3. The summed E-state index contributed by atoms with van der Waals surface area (Å²) in [5, 5.41) is 73.4. The maximum atomic E-state index is 12.8. The van der Waals surface area contributed by atoms with Crippen molar-refractivity contribution in [2.24, 2.45) is 0 Å². The predicted molar refractivity (Wildman–Crippen MR) is 294 cm³/mol. The van der Waals surface area contributed by atoms with E-state index in [1.54, 1.807) is 30.3 Å². The van der Waals surface area contributed by atoms with Crippen LogP contribution in [0.15, 0.2) is 133 Å². The Morgan fingerprint density at radius 2 is 0.795 bits per heavy atom. The van der Waals surface area contributed by atoms with Gasteiger partial charge < -0.3 is 55.1 Å². The summed E-state index contributed by atoms with van der Waals surface area (Å²) in [6, 6.07) is 34.6. The summed E-state index contributed by atoms with van der Waals surface area (Å²) < 4.78 is 16.9. The molecule has 3 aliphatic rings. The normalized spacial score (nSPS) is 15.8. The molecule has 414 valence electrons. The molecule has 13 rings (SSSR count). The minimum atomic E-state index is -0.939. The van der Waals surface area contributed by atoms with Crippen molar-refractivity contribution in [3.8, 4) is 17.2 Å². The molecule has 83 heavy (non-hydrogen) atoms. The van der Waals surface area contributed by atoms with Crippen LogP contribution in [0.2, 0.25) is 0 Å². The first-order valence-electron chi connectivity index (χ1n) is 25.5. The maximum Gasteiger partial charge on any atom is 0.339 e. The topological polar surface area (TPSA) is 358 Å². The number of cyclic esters (lactones) is 3. The van der Waals surface area contributed by atoms with Crippen molar-refractivity contribution < 1.29 is 63.5 Å². The summed E-state index contributed by atoms with van der Waals surface area (Å²) in [5.41, 5.74) is 7.20. The molecular formula is C59H42N8O16. The molecule has 24 nitrogen and oxygen atoms in total. The molecule has 3 aliphatic heterocycles. The number of carbonyl (C=O) groups excluding carboxylic acids is 4. The van der Waals surface area contributed by atoms with Gasteiger partial charge in [0.1, 0.15) is 33.8 Å². The van der Waals surface area contributed by atoms with Crippen LogP contribution in [-0.2, 0) is 40.4 Å². The highest BCUT2D eigenvalue weighted by Crippen LogP contribution is 2.47. The van der Waals surface area contributed by atoms with E-state index in [0.717, 1.165) is 11.1 Å². The number of hydrogen-bond acceptors (Lipinski definition) is 18. The first-order valence-corrected chi connectivity index (χ1v) is 25.5. The van der Waals surface area contributed by atoms with Gasteiger partial charge in [0.05, 0.1) is 37.2 Å². The van der Waals surface area contributed by atoms with E-state index in [9.17, 15) is 64.8 Å². The highest BCUT2D eigenvalue weighted by molar-refractivity contribution is 6.02. The molecular weight excluding hydrogens is 1080 g/mol. The predicted octanol–water partition coefficient (Wildman–Crippen LogP) is 9.83. The lowest BCUT2D eigenvalue weighted by Gasteiger charge is -2.14. The SMILES string of the molecule is O=C1OC(c2c(CNCc3ccc(CNCc4[nH]c5c([N+](=O)[O-])cccc5c4C4OC(=O)c5ccc(O)cc54)cc3)[nH]c3c([N+](=O)[O-])cccc23)c2cc(O)ccc21.O=Cc1[nH]c2c([N+](=O)[O-])cccc2c1C1OC(=O)c2ccc(O)cc21. The summed E-state index contributed by atoms with van der Waals surface area (Å²) in [5.74, 6) is -1.82. The molecule has 0 fully saturated rings. The number of non-ortho nitro benzene ring substituents is 3. The Labute approximate surface area is 465 Å². The van der Waals surface area contributed by atoms with Gasteiger partial charge in [0.15, 0.2) is 24.6 Å². The third kappa shape index (κ3) is 9.29. The molecule has 0 radical (unpaired) electrons. The van der Waals surface area contributed by atoms with Gasteiger partial charge in [-0.3, -0.25) is 35.1 Å². The smallest absolute Gasteiger partial charge is 0.339 e. The number of hydrogen-bond donors (Lipinski definition) is 8. The average Bonchev–Trinajstić information content (AvgIpc) is 2.20. The molecule has 0 amide bonds. The van der Waals surface area contributed by atoms with Gasteiger partial charge in [-0.2, -0.15) is 0 Å². The van der Waals surface area contributed by atoms with Crippen LogP contribution in [0.4, 0.5) is 17.1 Å². The first kappa shape index (κ1) is 52.5. The van der Waals surface area contributed by atoms with E-state index in [-0.39, 0.29) is 64.2 Å². The zero-order chi connectivity index (χ0) is 58.0. The molecule has 3 unspecified atom stereocenters. The van der Waals surface area contributed by atoms with Crippen LogP contribution < -0.4 is 10.6 Å². The van der Waals surface area contributed by atoms with Gasteiger partial charge in [0, 0.05) is 105 Å². The van der Waals surface area contributed by atoms with E-state index in [0.29, 0.717) is 102 Å². The van der Waals surface area contributed by atoms with Crippen LogP contribution >= 0.6 is 0 Å². The fourth-order valence-electron chi connectivity index (χ4n) is 11.1. The number of carbonyl (C=O) groups is 4. The maximum absolute atomic E-state index is 12.8. The number of nitro groups is 3. The number of aromatic amines is 3. The molecule has 7 aromatic carbocycles. The number of phenols is 3. The highest BCUT2D eigenvalue weighted by Gasteiger charge is 2.40. The first-order chi connectivity index (χ1) is 40.1. The summed E-state index contributed by atoms with van der Waals surface area (Å²) in [6.07, 6.45) is -2.19. The number of aromatic nitrogens is 3. The van der Waals surface area contributed by atoms with Gasteiger partial charge in [-0.05, 0) is 65.7 Å². The number of para-hydroxylation sites is 3. The van der Waals surface area contributed by atoms with Gasteiger partial charge in [0.2, 0.25) is 0 Å². The molecule has 6 heterocycles. The number of nitrogens with one attached hydrogen (secondary N) is 5. The minimum Gasteiger partial charge on any atom is -0.508 e. The fourth-order valence-corrected chi connectivity index (χ4v) is 11.1. The molecule has 3 aromatic heterocycles. The van der Waals surface area contributed by atoms with Crippen LogP contribution in [0.3, 0.4) is 0 Å². The van der Waals surface area contributed by atoms with Gasteiger partial charge in [0.25, 0.3) is 17.1 Å². The monoisotopic (exact) mass is 1120 g/mol. The molecule has 3 atom stereocenters. The highest BCUT2D eigenvalue weighted by atomic mass is 16.6. The van der Waals surface area contributed by atoms with Crippen LogP contribution in [0.25, 0.3) is 32.7 Å². The molecule has 0 bridgehead atoms. The molecule has 8 N–H and O–H groups in total. The molecule has 0 saturated heterocycles. The summed E-state index contributed by atoms with van der Waals surface area (Å²) in [7, 11) is 0. The van der Waals surface area contributed by atoms with Crippen molar-refractivity contribution in [1.82, 2.24) is 25.6 Å².